The van der Waals surface area contributed by atoms with E-state index in [1.165, 1.54) is 0 Å². The number of hydrogen-bond acceptors (Lipinski definition) is 3. The van der Waals surface area contributed by atoms with E-state index in [0.29, 0.717) is 26.4 Å². The van der Waals surface area contributed by atoms with Crippen molar-refractivity contribution in [2.24, 2.45) is 5.10 Å². The third-order valence-electron chi connectivity index (χ3n) is 2.74. The number of benzene rings is 2. The number of nitrogens with zero attached hydrogens (tertiary/aromatic N) is 1. The van der Waals surface area contributed by atoms with Crippen LogP contribution in [0.4, 0.5) is 0 Å². The van der Waals surface area contributed by atoms with E-state index in [9.17, 15) is 0 Å². The molecule has 0 aliphatic heterocycles. The second-order valence-electron chi connectivity index (χ2n) is 4.16. The minimum atomic E-state index is 0.252. The van der Waals surface area contributed by atoms with Crippen LogP contribution in [0.1, 0.15) is 11.1 Å². The van der Waals surface area contributed by atoms with Crippen LogP contribution in [0, 0.1) is 0 Å². The Bertz CT molecular complexity index is 642. The molecule has 0 unspecified atom stereocenters. The van der Waals surface area contributed by atoms with Crippen LogP contribution in [0.15, 0.2) is 41.5 Å². The van der Waals surface area contributed by atoms with Crippen LogP contribution in [-0.2, 0) is 6.61 Å². The molecule has 2 aromatic rings. The predicted octanol–water partition coefficient (Wildman–Crippen LogP) is 4.78. The molecule has 110 valence electrons. The first-order valence-electron chi connectivity index (χ1n) is 6.17. The first-order chi connectivity index (χ1) is 10.1. The molecule has 0 aromatic heterocycles. The second kappa shape index (κ2) is 7.55. The Morgan fingerprint density at radius 3 is 2.38 bits per heavy atom. The summed E-state index contributed by atoms with van der Waals surface area (Å²) in [5, 5.41) is 5.34. The molecule has 0 saturated heterocycles. The Morgan fingerprint density at radius 2 is 1.71 bits per heavy atom. The quantitative estimate of drug-likeness (QED) is 0.481. The lowest BCUT2D eigenvalue weighted by atomic mass is 10.2. The molecule has 6 heteroatoms. The van der Waals surface area contributed by atoms with E-state index in [-0.39, 0.29) is 6.61 Å². The Kier molecular flexibility index (Phi) is 5.74. The lowest BCUT2D eigenvalue weighted by molar-refractivity contribution is 0.306. The smallest absolute Gasteiger partial charge is 0.119 e. The number of nitrogens with one attached hydrogen (secondary N) is 1. The zero-order valence-electron chi connectivity index (χ0n) is 11.2. The summed E-state index contributed by atoms with van der Waals surface area (Å²) in [5.74, 6) is 0.712. The van der Waals surface area contributed by atoms with Crippen LogP contribution < -0.4 is 10.2 Å². The highest BCUT2D eigenvalue weighted by Crippen LogP contribution is 2.32. The fourth-order valence-electron chi connectivity index (χ4n) is 1.65. The molecule has 21 heavy (non-hydrogen) atoms. The molecule has 2 aromatic carbocycles. The fourth-order valence-corrected chi connectivity index (χ4v) is 2.30. The van der Waals surface area contributed by atoms with Gasteiger partial charge in [-0.1, -0.05) is 34.8 Å². The number of hydrogen-bond donors (Lipinski definition) is 1. The molecule has 2 rings (SSSR count). The minimum Gasteiger partial charge on any atom is -0.489 e. The molecule has 0 atom stereocenters. The van der Waals surface area contributed by atoms with Crippen LogP contribution >= 0.6 is 34.8 Å². The van der Waals surface area contributed by atoms with Crippen molar-refractivity contribution in [3.63, 3.8) is 0 Å². The van der Waals surface area contributed by atoms with Crippen molar-refractivity contribution in [2.45, 2.75) is 6.61 Å². The Labute approximate surface area is 138 Å². The normalized spacial score (nSPS) is 10.9. The molecule has 0 bridgehead atoms. The van der Waals surface area contributed by atoms with Gasteiger partial charge < -0.3 is 10.2 Å². The molecule has 0 fully saturated rings. The molecule has 0 aliphatic carbocycles. The molecule has 0 radical (unpaired) electrons. The molecule has 3 nitrogen and oxygen atoms in total. The average molecular weight is 344 g/mol. The highest BCUT2D eigenvalue weighted by atomic mass is 35.5. The van der Waals surface area contributed by atoms with Gasteiger partial charge in [0, 0.05) is 17.6 Å². The standard InChI is InChI=1S/C15H13Cl3N2O/c1-19-20-8-10-2-4-11(5-3-10)21-9-12-13(16)6-7-14(17)15(12)18/h2-8,19H,9H2,1H3/b20-8+. The van der Waals surface area contributed by atoms with Crippen LogP contribution in [0.5, 0.6) is 5.75 Å². The Balaban J connectivity index is 2.07. The zero-order chi connectivity index (χ0) is 15.2. The predicted molar refractivity (Wildman–Crippen MR) is 88.9 cm³/mol. The van der Waals surface area contributed by atoms with Crippen molar-refractivity contribution in [3.05, 3.63) is 62.6 Å². The number of ether oxygens (including phenoxy) is 1. The van der Waals surface area contributed by atoms with Crippen LogP contribution in [-0.4, -0.2) is 13.3 Å². The van der Waals surface area contributed by atoms with E-state index in [1.54, 1.807) is 25.4 Å². The number of rotatable bonds is 5. The Morgan fingerprint density at radius 1 is 1.05 bits per heavy atom. The highest BCUT2D eigenvalue weighted by Gasteiger charge is 2.10. The lowest BCUT2D eigenvalue weighted by Gasteiger charge is -2.10. The molecule has 0 amide bonds. The van der Waals surface area contributed by atoms with Crippen LogP contribution in [0.3, 0.4) is 0 Å². The third-order valence-corrected chi connectivity index (χ3v) is 3.94. The molecule has 1 N–H and O–H groups in total. The summed E-state index contributed by atoms with van der Waals surface area (Å²) in [7, 11) is 1.74. The van der Waals surface area contributed by atoms with Crippen molar-refractivity contribution in [1.82, 2.24) is 5.43 Å². The summed E-state index contributed by atoms with van der Waals surface area (Å²) in [4.78, 5) is 0. The van der Waals surface area contributed by atoms with E-state index < -0.39 is 0 Å². The van der Waals surface area contributed by atoms with Gasteiger partial charge in [-0.15, -0.1) is 0 Å². The van der Waals surface area contributed by atoms with Gasteiger partial charge in [-0.05, 0) is 42.0 Å². The van der Waals surface area contributed by atoms with E-state index in [1.807, 2.05) is 24.3 Å². The highest BCUT2D eigenvalue weighted by molar-refractivity contribution is 6.44. The van der Waals surface area contributed by atoms with Gasteiger partial charge in [0.1, 0.15) is 12.4 Å². The summed E-state index contributed by atoms with van der Waals surface area (Å²) in [6.07, 6.45) is 1.72. The average Bonchev–Trinajstić information content (AvgIpc) is 2.50. The maximum Gasteiger partial charge on any atom is 0.119 e. The summed E-state index contributed by atoms with van der Waals surface area (Å²) in [5.41, 5.74) is 4.33. The second-order valence-corrected chi connectivity index (χ2v) is 5.35. The van der Waals surface area contributed by atoms with Gasteiger partial charge in [-0.25, -0.2) is 0 Å². The van der Waals surface area contributed by atoms with E-state index in [2.05, 4.69) is 10.5 Å². The van der Waals surface area contributed by atoms with Gasteiger partial charge in [0.2, 0.25) is 0 Å². The topological polar surface area (TPSA) is 33.6 Å². The summed E-state index contributed by atoms with van der Waals surface area (Å²) in [6, 6.07) is 10.9. The first kappa shape index (κ1) is 16.0. The minimum absolute atomic E-state index is 0.252. The number of hydrazone groups is 1. The van der Waals surface area contributed by atoms with Crippen molar-refractivity contribution in [1.29, 1.82) is 0 Å². The zero-order valence-corrected chi connectivity index (χ0v) is 13.5. The Hall–Kier alpha value is -1.42. The van der Waals surface area contributed by atoms with Gasteiger partial charge in [-0.2, -0.15) is 5.10 Å². The lowest BCUT2D eigenvalue weighted by Crippen LogP contribution is -1.98. The van der Waals surface area contributed by atoms with Crippen molar-refractivity contribution in [2.75, 3.05) is 7.05 Å². The largest absolute Gasteiger partial charge is 0.489 e. The monoisotopic (exact) mass is 342 g/mol. The van der Waals surface area contributed by atoms with Gasteiger partial charge in [0.15, 0.2) is 0 Å². The molecular formula is C15H13Cl3N2O. The molecule has 0 spiro atoms. The van der Waals surface area contributed by atoms with E-state index in [0.717, 1.165) is 5.56 Å². The van der Waals surface area contributed by atoms with Crippen molar-refractivity contribution >= 4 is 41.0 Å². The van der Waals surface area contributed by atoms with E-state index in [4.69, 9.17) is 39.5 Å². The van der Waals surface area contributed by atoms with Gasteiger partial charge in [-0.3, -0.25) is 0 Å². The van der Waals surface area contributed by atoms with Crippen LogP contribution in [0.25, 0.3) is 0 Å². The van der Waals surface area contributed by atoms with Gasteiger partial charge in [0.05, 0.1) is 16.3 Å². The molecular weight excluding hydrogens is 331 g/mol. The molecule has 0 saturated carbocycles. The van der Waals surface area contributed by atoms with Crippen LogP contribution in [0.2, 0.25) is 15.1 Å². The van der Waals surface area contributed by atoms with Gasteiger partial charge in [0.25, 0.3) is 0 Å². The maximum absolute atomic E-state index is 6.13. The summed E-state index contributed by atoms with van der Waals surface area (Å²) in [6.45, 7) is 0.252. The third kappa shape index (κ3) is 4.27. The summed E-state index contributed by atoms with van der Waals surface area (Å²) >= 11 is 18.2. The molecule has 0 heterocycles. The maximum atomic E-state index is 6.13. The molecule has 0 aliphatic rings. The van der Waals surface area contributed by atoms with Crippen molar-refractivity contribution in [3.8, 4) is 5.75 Å². The fraction of sp³-hybridized carbons (Fsp3) is 0.133. The van der Waals surface area contributed by atoms with Gasteiger partial charge >= 0.3 is 0 Å². The van der Waals surface area contributed by atoms with E-state index >= 15 is 0 Å². The SMILES string of the molecule is CN/N=C/c1ccc(OCc2c(Cl)ccc(Cl)c2Cl)cc1. The summed E-state index contributed by atoms with van der Waals surface area (Å²) < 4.78 is 5.68. The first-order valence-corrected chi connectivity index (χ1v) is 7.30. The van der Waals surface area contributed by atoms with Crippen molar-refractivity contribution < 1.29 is 4.74 Å². The number of halogens is 3.